The number of aromatic nitrogens is 1. The summed E-state index contributed by atoms with van der Waals surface area (Å²) in [4.78, 5) is 17.9. The van der Waals surface area contributed by atoms with Gasteiger partial charge in [0.25, 0.3) is 0 Å². The summed E-state index contributed by atoms with van der Waals surface area (Å²) in [7, 11) is 2.18. The van der Waals surface area contributed by atoms with Gasteiger partial charge in [-0.2, -0.15) is 0 Å². The van der Waals surface area contributed by atoms with Crippen molar-refractivity contribution < 1.29 is 4.79 Å². The molecule has 1 aliphatic heterocycles. The van der Waals surface area contributed by atoms with E-state index in [1.54, 1.807) is 0 Å². The first kappa shape index (κ1) is 17.3. The summed E-state index contributed by atoms with van der Waals surface area (Å²) < 4.78 is 1.92. The Hall–Kier alpha value is -2.17. The highest BCUT2D eigenvalue weighted by molar-refractivity contribution is 6.13. The Bertz CT molecular complexity index is 853. The van der Waals surface area contributed by atoms with Crippen LogP contribution >= 0.6 is 0 Å². The number of rotatable bonds is 5. The average Bonchev–Trinajstić information content (AvgIpc) is 3.01. The fourth-order valence-electron chi connectivity index (χ4n) is 3.99. The van der Waals surface area contributed by atoms with Gasteiger partial charge in [-0.25, -0.2) is 0 Å². The minimum atomic E-state index is 0.209. The molecule has 0 amide bonds. The monoisotopic (exact) mass is 349 g/mol. The van der Waals surface area contributed by atoms with Crippen LogP contribution < -0.4 is 0 Å². The van der Waals surface area contributed by atoms with Crippen LogP contribution in [0.15, 0.2) is 48.5 Å². The highest BCUT2D eigenvalue weighted by Crippen LogP contribution is 2.29. The van der Waals surface area contributed by atoms with Crippen molar-refractivity contribution in [2.75, 3.05) is 39.8 Å². The molecule has 0 saturated carbocycles. The van der Waals surface area contributed by atoms with Gasteiger partial charge in [-0.15, -0.1) is 0 Å². The zero-order valence-corrected chi connectivity index (χ0v) is 15.5. The molecule has 2 heterocycles. The van der Waals surface area contributed by atoms with Crippen molar-refractivity contribution in [2.24, 2.45) is 0 Å². The van der Waals surface area contributed by atoms with E-state index in [1.807, 2.05) is 28.8 Å². The van der Waals surface area contributed by atoms with Crippen LogP contribution in [-0.4, -0.2) is 60.0 Å². The molecule has 0 bridgehead atoms. The van der Waals surface area contributed by atoms with Gasteiger partial charge in [0.15, 0.2) is 0 Å². The van der Waals surface area contributed by atoms with Gasteiger partial charge in [-0.05, 0) is 38.6 Å². The second-order valence-electron chi connectivity index (χ2n) is 7.37. The van der Waals surface area contributed by atoms with Crippen LogP contribution in [-0.2, 0) is 0 Å². The molecular weight excluding hydrogens is 322 g/mol. The molecule has 4 rings (SSSR count). The van der Waals surface area contributed by atoms with Gasteiger partial charge in [-0.3, -0.25) is 9.36 Å². The molecule has 2 aromatic carbocycles. The summed E-state index contributed by atoms with van der Waals surface area (Å²) >= 11 is 0. The van der Waals surface area contributed by atoms with Gasteiger partial charge in [0.1, 0.15) is 0 Å². The van der Waals surface area contributed by atoms with Crippen molar-refractivity contribution in [2.45, 2.75) is 19.3 Å². The molecule has 0 spiro atoms. The molecule has 4 nitrogen and oxygen atoms in total. The Morgan fingerprint density at radius 2 is 1.42 bits per heavy atom. The minimum absolute atomic E-state index is 0.209. The lowest BCUT2D eigenvalue weighted by Gasteiger charge is -2.32. The predicted molar refractivity (Wildman–Crippen MR) is 108 cm³/mol. The van der Waals surface area contributed by atoms with Crippen LogP contribution in [0.4, 0.5) is 0 Å². The first-order valence-electron chi connectivity index (χ1n) is 9.66. The van der Waals surface area contributed by atoms with E-state index in [1.165, 1.54) is 0 Å². The Morgan fingerprint density at radius 1 is 0.846 bits per heavy atom. The molecule has 26 heavy (non-hydrogen) atoms. The van der Waals surface area contributed by atoms with Gasteiger partial charge >= 0.3 is 0 Å². The van der Waals surface area contributed by atoms with Crippen molar-refractivity contribution in [3.8, 4) is 0 Å². The Balaban J connectivity index is 1.43. The fourth-order valence-corrected chi connectivity index (χ4v) is 3.99. The number of likely N-dealkylation sites (N-methyl/N-ethyl adjacent to an activating group) is 1. The number of nitrogens with zero attached hydrogens (tertiary/aromatic N) is 3. The number of hydrogen-bond donors (Lipinski definition) is 0. The normalized spacial score (nSPS) is 16.5. The van der Waals surface area contributed by atoms with E-state index in [0.717, 1.165) is 67.4 Å². The molecule has 136 valence electrons. The van der Waals surface area contributed by atoms with Gasteiger partial charge in [0, 0.05) is 43.4 Å². The van der Waals surface area contributed by atoms with Gasteiger partial charge < -0.3 is 9.80 Å². The highest BCUT2D eigenvalue weighted by Gasteiger charge is 2.16. The van der Waals surface area contributed by atoms with Gasteiger partial charge in [-0.1, -0.05) is 36.4 Å². The van der Waals surface area contributed by atoms with Crippen molar-refractivity contribution >= 4 is 27.7 Å². The summed E-state index contributed by atoms with van der Waals surface area (Å²) in [6.07, 6.45) is 2.65. The molecule has 1 fully saturated rings. The fraction of sp³-hybridized carbons (Fsp3) is 0.409. The number of carbonyl (C=O) groups is 1. The van der Waals surface area contributed by atoms with Crippen LogP contribution in [0, 0.1) is 0 Å². The Kier molecular flexibility index (Phi) is 5.05. The van der Waals surface area contributed by atoms with Crippen LogP contribution in [0.3, 0.4) is 0 Å². The summed E-state index contributed by atoms with van der Waals surface area (Å²) in [6.45, 7) is 5.71. The van der Waals surface area contributed by atoms with Gasteiger partial charge in [0.2, 0.25) is 5.91 Å². The van der Waals surface area contributed by atoms with E-state index < -0.39 is 0 Å². The number of para-hydroxylation sites is 2. The molecule has 1 saturated heterocycles. The Labute approximate surface area is 155 Å². The molecule has 3 aromatic rings. The third-order valence-electron chi connectivity index (χ3n) is 5.54. The SMILES string of the molecule is CN1CCN(CCCCC(=O)n2c3ccccc3c3ccccc32)CC1. The molecule has 0 radical (unpaired) electrons. The largest absolute Gasteiger partial charge is 0.304 e. The summed E-state index contributed by atoms with van der Waals surface area (Å²) in [5.41, 5.74) is 2.05. The molecular formula is C22H27N3O. The number of unbranched alkanes of at least 4 members (excludes halogenated alkanes) is 1. The Morgan fingerprint density at radius 3 is 2.04 bits per heavy atom. The zero-order chi connectivity index (χ0) is 17.9. The average molecular weight is 349 g/mol. The van der Waals surface area contributed by atoms with Crippen LogP contribution in [0.25, 0.3) is 21.8 Å². The molecule has 0 atom stereocenters. The second kappa shape index (κ2) is 7.60. The quantitative estimate of drug-likeness (QED) is 0.655. The first-order chi connectivity index (χ1) is 12.7. The van der Waals surface area contributed by atoms with Crippen molar-refractivity contribution in [3.05, 3.63) is 48.5 Å². The number of fused-ring (bicyclic) bond motifs is 3. The molecule has 0 aliphatic carbocycles. The predicted octanol–water partition coefficient (Wildman–Crippen LogP) is 3.85. The third kappa shape index (κ3) is 3.39. The lowest BCUT2D eigenvalue weighted by molar-refractivity contribution is 0.0906. The van der Waals surface area contributed by atoms with Crippen LogP contribution in [0.1, 0.15) is 24.1 Å². The van der Waals surface area contributed by atoms with Crippen LogP contribution in [0.5, 0.6) is 0 Å². The number of hydrogen-bond acceptors (Lipinski definition) is 3. The zero-order valence-electron chi connectivity index (χ0n) is 15.5. The summed E-state index contributed by atoms with van der Waals surface area (Å²) in [5, 5.41) is 2.32. The van der Waals surface area contributed by atoms with Crippen molar-refractivity contribution in [3.63, 3.8) is 0 Å². The molecule has 0 N–H and O–H groups in total. The molecule has 1 aliphatic rings. The van der Waals surface area contributed by atoms with E-state index in [9.17, 15) is 4.79 Å². The molecule has 4 heteroatoms. The maximum atomic E-state index is 13.0. The molecule has 1 aromatic heterocycles. The summed E-state index contributed by atoms with van der Waals surface area (Å²) in [6, 6.07) is 16.4. The van der Waals surface area contributed by atoms with E-state index in [0.29, 0.717) is 6.42 Å². The lowest BCUT2D eigenvalue weighted by Crippen LogP contribution is -2.44. The highest BCUT2D eigenvalue weighted by atomic mass is 16.2. The van der Waals surface area contributed by atoms with Crippen molar-refractivity contribution in [1.82, 2.24) is 14.4 Å². The maximum absolute atomic E-state index is 13.0. The minimum Gasteiger partial charge on any atom is -0.304 e. The number of piperazine rings is 1. The van der Waals surface area contributed by atoms with Crippen LogP contribution in [0.2, 0.25) is 0 Å². The third-order valence-corrected chi connectivity index (χ3v) is 5.54. The van der Waals surface area contributed by atoms with E-state index in [2.05, 4.69) is 41.1 Å². The number of benzene rings is 2. The smallest absolute Gasteiger partial charge is 0.231 e. The van der Waals surface area contributed by atoms with Gasteiger partial charge in [0.05, 0.1) is 11.0 Å². The van der Waals surface area contributed by atoms with E-state index in [4.69, 9.17) is 0 Å². The standard InChI is InChI=1S/C22H27N3O/c1-23-14-16-24(17-15-23)13-7-6-12-22(26)25-20-10-4-2-8-18(20)19-9-3-5-11-21(19)25/h2-5,8-11H,6-7,12-17H2,1H3. The van der Waals surface area contributed by atoms with E-state index in [-0.39, 0.29) is 5.91 Å². The summed E-state index contributed by atoms with van der Waals surface area (Å²) in [5.74, 6) is 0.209. The number of carbonyl (C=O) groups excluding carboxylic acids is 1. The van der Waals surface area contributed by atoms with Crippen molar-refractivity contribution in [1.29, 1.82) is 0 Å². The lowest BCUT2D eigenvalue weighted by atomic mass is 10.2. The topological polar surface area (TPSA) is 28.5 Å². The second-order valence-corrected chi connectivity index (χ2v) is 7.37. The van der Waals surface area contributed by atoms with E-state index >= 15 is 0 Å². The molecule has 0 unspecified atom stereocenters. The maximum Gasteiger partial charge on any atom is 0.231 e. The first-order valence-corrected chi connectivity index (χ1v) is 9.66.